The Hall–Kier alpha value is -0.210. The predicted octanol–water partition coefficient (Wildman–Crippen LogP) is -3.06. The Labute approximate surface area is 144 Å². The van der Waals surface area contributed by atoms with Crippen molar-refractivity contribution in [3.8, 4) is 0 Å². The second-order valence-electron chi connectivity index (χ2n) is 5.35. The Balaban J connectivity index is 2.61. The summed E-state index contributed by atoms with van der Waals surface area (Å²) in [5, 5.41) is 48.2. The molecule has 25 heavy (non-hydrogen) atoms. The molecule has 0 radical (unpaired) electrons. The first-order valence-electron chi connectivity index (χ1n) is 7.32. The number of methoxy groups -OCH3 is 1. The monoisotopic (exact) mass is 392 g/mol. The predicted molar refractivity (Wildman–Crippen MR) is 79.3 cm³/mol. The standard InChI is InChI=1S/C12H25O12P/c1-20-4-6(14)9(16)7(15)5-22-12-10(17)11(8(3-13)23-12)24-25(18,19)21-2/h6-17H,3-5H2,1-2H3,(H,18,19)/t6?,7?,8-,9?,10?,11+,12-/m1/s1. The zero-order valence-electron chi connectivity index (χ0n) is 13.7. The molecule has 1 heterocycles. The lowest BCUT2D eigenvalue weighted by Crippen LogP contribution is -2.44. The second-order valence-corrected chi connectivity index (χ2v) is 6.86. The van der Waals surface area contributed by atoms with Crippen molar-refractivity contribution in [2.24, 2.45) is 0 Å². The fourth-order valence-corrected chi connectivity index (χ4v) is 2.79. The van der Waals surface area contributed by atoms with Gasteiger partial charge in [0.15, 0.2) is 6.29 Å². The van der Waals surface area contributed by atoms with Crippen LogP contribution in [0.3, 0.4) is 0 Å². The summed E-state index contributed by atoms with van der Waals surface area (Å²) < 4.78 is 35.3. The van der Waals surface area contributed by atoms with Crippen LogP contribution in [0.2, 0.25) is 0 Å². The first kappa shape index (κ1) is 22.8. The van der Waals surface area contributed by atoms with Gasteiger partial charge in [-0.05, 0) is 0 Å². The van der Waals surface area contributed by atoms with E-state index in [-0.39, 0.29) is 6.61 Å². The van der Waals surface area contributed by atoms with Crippen LogP contribution in [0.25, 0.3) is 0 Å². The molecule has 150 valence electrons. The molecule has 0 aromatic heterocycles. The van der Waals surface area contributed by atoms with Gasteiger partial charge in [-0.3, -0.25) is 9.05 Å². The largest absolute Gasteiger partial charge is 0.472 e. The van der Waals surface area contributed by atoms with Crippen LogP contribution in [0.4, 0.5) is 0 Å². The molecule has 0 aromatic carbocycles. The van der Waals surface area contributed by atoms with Crippen LogP contribution in [0.15, 0.2) is 0 Å². The van der Waals surface area contributed by atoms with Crippen molar-refractivity contribution < 1.29 is 58.2 Å². The molecule has 0 aromatic rings. The minimum Gasteiger partial charge on any atom is -0.394 e. The minimum absolute atomic E-state index is 0.216. The lowest BCUT2D eigenvalue weighted by Gasteiger charge is -2.24. The molecule has 1 aliphatic rings. The summed E-state index contributed by atoms with van der Waals surface area (Å²) in [4.78, 5) is 9.31. The highest BCUT2D eigenvalue weighted by Crippen LogP contribution is 2.46. The van der Waals surface area contributed by atoms with Gasteiger partial charge in [0.25, 0.3) is 0 Å². The molecule has 0 saturated carbocycles. The van der Waals surface area contributed by atoms with Gasteiger partial charge in [-0.1, -0.05) is 0 Å². The second kappa shape index (κ2) is 10.2. The van der Waals surface area contributed by atoms with Gasteiger partial charge < -0.3 is 44.6 Å². The smallest absolute Gasteiger partial charge is 0.394 e. The SMILES string of the molecule is COCC(O)C(O)C(O)CO[C@@H]1O[C@H](CO)[C@H](OP(=O)(O)OC)C1O. The molecule has 12 nitrogen and oxygen atoms in total. The molecule has 5 unspecified atom stereocenters. The molecule has 8 atom stereocenters. The average Bonchev–Trinajstić information content (AvgIpc) is 2.87. The summed E-state index contributed by atoms with van der Waals surface area (Å²) in [6.45, 7) is -1.41. The number of ether oxygens (including phenoxy) is 3. The molecule has 0 aliphatic carbocycles. The third-order valence-corrected chi connectivity index (χ3v) is 4.48. The normalized spacial score (nSPS) is 33.0. The highest BCUT2D eigenvalue weighted by Gasteiger charge is 2.48. The lowest BCUT2D eigenvalue weighted by atomic mass is 10.1. The lowest BCUT2D eigenvalue weighted by molar-refractivity contribution is -0.194. The van der Waals surface area contributed by atoms with Crippen LogP contribution in [-0.2, 0) is 27.8 Å². The Morgan fingerprint density at radius 1 is 1.16 bits per heavy atom. The highest BCUT2D eigenvalue weighted by molar-refractivity contribution is 7.47. The quantitative estimate of drug-likeness (QED) is 0.195. The number of hydrogen-bond donors (Lipinski definition) is 6. The molecule has 1 aliphatic heterocycles. The van der Waals surface area contributed by atoms with Crippen molar-refractivity contribution in [1.29, 1.82) is 0 Å². The topological polar surface area (TPSA) is 185 Å². The van der Waals surface area contributed by atoms with Crippen molar-refractivity contribution in [2.45, 2.75) is 42.9 Å². The van der Waals surface area contributed by atoms with E-state index in [0.717, 1.165) is 7.11 Å². The maximum absolute atomic E-state index is 11.5. The summed E-state index contributed by atoms with van der Waals surface area (Å²) in [6.07, 6.45) is -10.1. The summed E-state index contributed by atoms with van der Waals surface area (Å²) in [5.41, 5.74) is 0. The van der Waals surface area contributed by atoms with Gasteiger partial charge in [0.05, 0.1) is 19.8 Å². The summed E-state index contributed by atoms with van der Waals surface area (Å²) >= 11 is 0. The average molecular weight is 392 g/mol. The molecule has 0 bridgehead atoms. The molecule has 1 saturated heterocycles. The van der Waals surface area contributed by atoms with E-state index in [9.17, 15) is 35.0 Å². The van der Waals surface area contributed by atoms with Crippen LogP contribution >= 0.6 is 7.82 Å². The Kier molecular flexibility index (Phi) is 9.32. The maximum Gasteiger partial charge on any atom is 0.472 e. The van der Waals surface area contributed by atoms with Crippen LogP contribution < -0.4 is 0 Å². The molecule has 0 spiro atoms. The zero-order valence-corrected chi connectivity index (χ0v) is 14.6. The van der Waals surface area contributed by atoms with E-state index in [1.807, 2.05) is 0 Å². The van der Waals surface area contributed by atoms with E-state index in [0.29, 0.717) is 0 Å². The molecule has 0 amide bonds. The Morgan fingerprint density at radius 2 is 1.76 bits per heavy atom. The number of aliphatic hydroxyl groups excluding tert-OH is 5. The van der Waals surface area contributed by atoms with E-state index in [4.69, 9.17) is 14.0 Å². The number of aliphatic hydroxyl groups is 5. The number of rotatable bonds is 11. The summed E-state index contributed by atoms with van der Waals surface area (Å²) in [5.74, 6) is 0. The molecule has 1 rings (SSSR count). The third kappa shape index (κ3) is 6.47. The maximum atomic E-state index is 11.5. The van der Waals surface area contributed by atoms with Crippen LogP contribution in [-0.4, -0.2) is 107 Å². The van der Waals surface area contributed by atoms with Gasteiger partial charge in [0, 0.05) is 14.2 Å². The number of phosphoric ester groups is 1. The molecular weight excluding hydrogens is 367 g/mol. The van der Waals surface area contributed by atoms with Crippen molar-refractivity contribution in [3.05, 3.63) is 0 Å². The fraction of sp³-hybridized carbons (Fsp3) is 1.00. The van der Waals surface area contributed by atoms with E-state index >= 15 is 0 Å². The van der Waals surface area contributed by atoms with Gasteiger partial charge in [0.1, 0.15) is 36.6 Å². The first-order chi connectivity index (χ1) is 11.7. The van der Waals surface area contributed by atoms with Crippen LogP contribution in [0.1, 0.15) is 0 Å². The third-order valence-electron chi connectivity index (χ3n) is 3.51. The van der Waals surface area contributed by atoms with Crippen molar-refractivity contribution in [2.75, 3.05) is 34.0 Å². The number of phosphoric acid groups is 1. The van der Waals surface area contributed by atoms with E-state index in [2.05, 4.69) is 9.26 Å². The van der Waals surface area contributed by atoms with E-state index in [1.165, 1.54) is 7.11 Å². The molecule has 6 N–H and O–H groups in total. The molecule has 1 fully saturated rings. The fourth-order valence-electron chi connectivity index (χ4n) is 2.13. The zero-order chi connectivity index (χ0) is 19.2. The molecular formula is C12H25O12P. The van der Waals surface area contributed by atoms with Gasteiger partial charge in [-0.2, -0.15) is 0 Å². The van der Waals surface area contributed by atoms with Crippen LogP contribution in [0, 0.1) is 0 Å². The van der Waals surface area contributed by atoms with E-state index in [1.54, 1.807) is 0 Å². The highest BCUT2D eigenvalue weighted by atomic mass is 31.2. The van der Waals surface area contributed by atoms with Gasteiger partial charge >= 0.3 is 7.82 Å². The first-order valence-corrected chi connectivity index (χ1v) is 8.82. The number of hydrogen-bond acceptors (Lipinski definition) is 11. The molecule has 13 heteroatoms. The Morgan fingerprint density at radius 3 is 2.28 bits per heavy atom. The van der Waals surface area contributed by atoms with Gasteiger partial charge in [0.2, 0.25) is 0 Å². The van der Waals surface area contributed by atoms with E-state index < -0.39 is 64.0 Å². The van der Waals surface area contributed by atoms with Gasteiger partial charge in [-0.25, -0.2) is 4.57 Å². The van der Waals surface area contributed by atoms with Gasteiger partial charge in [-0.15, -0.1) is 0 Å². The van der Waals surface area contributed by atoms with Crippen LogP contribution in [0.5, 0.6) is 0 Å². The van der Waals surface area contributed by atoms with Crippen molar-refractivity contribution in [3.63, 3.8) is 0 Å². The van der Waals surface area contributed by atoms with Crippen molar-refractivity contribution >= 4 is 7.82 Å². The Bertz CT molecular complexity index is 436. The van der Waals surface area contributed by atoms with Crippen molar-refractivity contribution in [1.82, 2.24) is 0 Å². The summed E-state index contributed by atoms with van der Waals surface area (Å²) in [6, 6.07) is 0. The summed E-state index contributed by atoms with van der Waals surface area (Å²) in [7, 11) is -2.23. The minimum atomic E-state index is -4.45.